The largest absolute Gasteiger partial charge is 0.480 e. The molecule has 0 saturated carbocycles. The summed E-state index contributed by atoms with van der Waals surface area (Å²) in [6.45, 7) is 0.151. The monoisotopic (exact) mass is 445 g/mol. The van der Waals surface area contributed by atoms with Gasteiger partial charge in [-0.05, 0) is 30.3 Å². The van der Waals surface area contributed by atoms with E-state index >= 15 is 0 Å². The number of ether oxygens (including phenoxy) is 1. The number of hydrazone groups is 1. The van der Waals surface area contributed by atoms with Gasteiger partial charge in [0.05, 0.1) is 11.8 Å². The summed E-state index contributed by atoms with van der Waals surface area (Å²) in [5.41, 5.74) is 2.90. The van der Waals surface area contributed by atoms with Gasteiger partial charge in [0.25, 0.3) is 5.91 Å². The lowest BCUT2D eigenvalue weighted by Gasteiger charge is -2.07. The summed E-state index contributed by atoms with van der Waals surface area (Å²) in [5.74, 6) is 1.28. The third-order valence-corrected chi connectivity index (χ3v) is 3.93. The predicted octanol–water partition coefficient (Wildman–Crippen LogP) is 2.87. The van der Waals surface area contributed by atoms with E-state index in [1.54, 1.807) is 24.3 Å². The fourth-order valence-electron chi connectivity index (χ4n) is 2.13. The second-order valence-electron chi connectivity index (χ2n) is 5.45. The highest BCUT2D eigenvalue weighted by Gasteiger charge is 2.10. The number of amides is 2. The molecule has 2 aromatic carbocycles. The number of nitrogens with one attached hydrogen (secondary N) is 2. The number of halogens is 2. The third kappa shape index (κ3) is 6.52. The van der Waals surface area contributed by atoms with Gasteiger partial charge < -0.3 is 10.1 Å². The van der Waals surface area contributed by atoms with Crippen LogP contribution in [-0.4, -0.2) is 31.2 Å². The fourth-order valence-corrected chi connectivity index (χ4v) is 2.51. The molecule has 28 heavy (non-hydrogen) atoms. The second kappa shape index (κ2) is 10.8. The second-order valence-corrected chi connectivity index (χ2v) is 6.37. The van der Waals surface area contributed by atoms with Gasteiger partial charge in [0, 0.05) is 23.0 Å². The molecule has 0 spiro atoms. The number of carbonyl (C=O) groups is 2. The average molecular weight is 446 g/mol. The highest BCUT2D eigenvalue weighted by Crippen LogP contribution is 2.21. The zero-order chi connectivity index (χ0) is 20.4. The first-order valence-electron chi connectivity index (χ1n) is 8.21. The van der Waals surface area contributed by atoms with Crippen LogP contribution >= 0.6 is 15.9 Å². The van der Waals surface area contributed by atoms with Crippen molar-refractivity contribution in [1.82, 2.24) is 10.7 Å². The van der Waals surface area contributed by atoms with Gasteiger partial charge >= 0.3 is 0 Å². The molecular formula is C20H17BrFN3O3. The molecule has 0 heterocycles. The SMILES string of the molecule is C#CCOc1ccc(Br)cc1C=NNC(=O)CCNC(=O)c1ccccc1F. The first-order valence-corrected chi connectivity index (χ1v) is 9.01. The summed E-state index contributed by atoms with van der Waals surface area (Å²) in [6, 6.07) is 10.9. The molecule has 2 rings (SSSR count). The first-order chi connectivity index (χ1) is 13.5. The minimum absolute atomic E-state index is 0.0174. The maximum absolute atomic E-state index is 13.5. The van der Waals surface area contributed by atoms with Gasteiger partial charge in [-0.25, -0.2) is 9.82 Å². The Morgan fingerprint density at radius 1 is 1.29 bits per heavy atom. The number of hydrogen-bond acceptors (Lipinski definition) is 4. The van der Waals surface area contributed by atoms with Gasteiger partial charge in [-0.1, -0.05) is 34.0 Å². The Hall–Kier alpha value is -3.18. The number of carbonyl (C=O) groups excluding carboxylic acids is 2. The molecule has 0 aliphatic carbocycles. The summed E-state index contributed by atoms with van der Waals surface area (Å²) in [7, 11) is 0. The van der Waals surface area contributed by atoms with E-state index in [9.17, 15) is 14.0 Å². The molecule has 0 aliphatic heterocycles. The van der Waals surface area contributed by atoms with Crippen LogP contribution in [0.2, 0.25) is 0 Å². The van der Waals surface area contributed by atoms with E-state index in [0.29, 0.717) is 11.3 Å². The van der Waals surface area contributed by atoms with Crippen molar-refractivity contribution in [3.8, 4) is 18.1 Å². The Morgan fingerprint density at radius 2 is 2.07 bits per heavy atom. The maximum atomic E-state index is 13.5. The van der Waals surface area contributed by atoms with E-state index in [4.69, 9.17) is 11.2 Å². The van der Waals surface area contributed by atoms with Crippen LogP contribution in [0.1, 0.15) is 22.3 Å². The van der Waals surface area contributed by atoms with Crippen LogP contribution in [0.25, 0.3) is 0 Å². The lowest BCUT2D eigenvalue weighted by atomic mass is 10.2. The smallest absolute Gasteiger partial charge is 0.254 e. The van der Waals surface area contributed by atoms with E-state index in [0.717, 1.165) is 4.47 Å². The number of terminal acetylenes is 1. The van der Waals surface area contributed by atoms with Crippen LogP contribution < -0.4 is 15.5 Å². The van der Waals surface area contributed by atoms with Crippen LogP contribution in [0.4, 0.5) is 4.39 Å². The van der Waals surface area contributed by atoms with Crippen LogP contribution in [0.3, 0.4) is 0 Å². The Bertz CT molecular complexity index is 925. The Labute approximate surface area is 170 Å². The van der Waals surface area contributed by atoms with Crippen LogP contribution in [0.5, 0.6) is 5.75 Å². The number of rotatable bonds is 8. The van der Waals surface area contributed by atoms with Crippen molar-refractivity contribution in [2.24, 2.45) is 5.10 Å². The molecule has 0 radical (unpaired) electrons. The Balaban J connectivity index is 1.83. The van der Waals surface area contributed by atoms with E-state index < -0.39 is 17.6 Å². The summed E-state index contributed by atoms with van der Waals surface area (Å²) >= 11 is 3.35. The van der Waals surface area contributed by atoms with Crippen molar-refractivity contribution in [3.05, 3.63) is 63.9 Å². The molecule has 0 unspecified atom stereocenters. The van der Waals surface area contributed by atoms with Gasteiger partial charge in [-0.15, -0.1) is 6.42 Å². The highest BCUT2D eigenvalue weighted by molar-refractivity contribution is 9.10. The molecular weight excluding hydrogens is 429 g/mol. The molecule has 0 aliphatic rings. The summed E-state index contributed by atoms with van der Waals surface area (Å²) in [4.78, 5) is 23.7. The minimum atomic E-state index is -0.620. The lowest BCUT2D eigenvalue weighted by molar-refractivity contribution is -0.120. The molecule has 6 nitrogen and oxygen atoms in total. The van der Waals surface area contributed by atoms with Crippen molar-refractivity contribution in [1.29, 1.82) is 0 Å². The molecule has 0 aromatic heterocycles. The van der Waals surface area contributed by atoms with E-state index in [1.165, 1.54) is 24.4 Å². The maximum Gasteiger partial charge on any atom is 0.254 e. The predicted molar refractivity (Wildman–Crippen MR) is 108 cm³/mol. The van der Waals surface area contributed by atoms with Crippen LogP contribution in [0.15, 0.2) is 52.0 Å². The quantitative estimate of drug-likeness (QED) is 0.372. The molecule has 2 N–H and O–H groups in total. The molecule has 8 heteroatoms. The highest BCUT2D eigenvalue weighted by atomic mass is 79.9. The van der Waals surface area contributed by atoms with Gasteiger partial charge in [0.1, 0.15) is 18.2 Å². The lowest BCUT2D eigenvalue weighted by Crippen LogP contribution is -2.29. The van der Waals surface area contributed by atoms with Gasteiger partial charge in [0.2, 0.25) is 5.91 Å². The Kier molecular flexibility index (Phi) is 8.18. The van der Waals surface area contributed by atoms with E-state index in [2.05, 4.69) is 37.7 Å². The molecule has 0 bridgehead atoms. The summed E-state index contributed by atoms with van der Waals surface area (Å²) in [6.07, 6.45) is 6.59. The molecule has 0 atom stereocenters. The Morgan fingerprint density at radius 3 is 2.82 bits per heavy atom. The fraction of sp³-hybridized carbons (Fsp3) is 0.150. The van der Waals surface area contributed by atoms with Crippen molar-refractivity contribution >= 4 is 34.0 Å². The zero-order valence-corrected chi connectivity index (χ0v) is 16.3. The molecule has 0 fully saturated rings. The summed E-state index contributed by atoms with van der Waals surface area (Å²) in [5, 5.41) is 6.35. The van der Waals surface area contributed by atoms with E-state index in [1.807, 2.05) is 0 Å². The molecule has 2 aromatic rings. The number of nitrogens with zero attached hydrogens (tertiary/aromatic N) is 1. The van der Waals surface area contributed by atoms with Crippen LogP contribution in [-0.2, 0) is 4.79 Å². The van der Waals surface area contributed by atoms with Crippen LogP contribution in [0, 0.1) is 18.2 Å². The number of benzene rings is 2. The van der Waals surface area contributed by atoms with E-state index in [-0.39, 0.29) is 25.1 Å². The molecule has 2 amide bonds. The average Bonchev–Trinajstić information content (AvgIpc) is 2.67. The van der Waals surface area contributed by atoms with Crippen molar-refractivity contribution in [2.45, 2.75) is 6.42 Å². The van der Waals surface area contributed by atoms with Crippen molar-refractivity contribution < 1.29 is 18.7 Å². The molecule has 144 valence electrons. The summed E-state index contributed by atoms with van der Waals surface area (Å²) < 4.78 is 19.7. The standard InChI is InChI=1S/C20H17BrFN3O3/c1-2-11-28-18-8-7-15(21)12-14(18)13-24-25-19(26)9-10-23-20(27)16-5-3-4-6-17(16)22/h1,3-8,12-13H,9-11H2,(H,23,27)(H,25,26). The van der Waals surface area contributed by atoms with Gasteiger partial charge in [-0.2, -0.15) is 5.10 Å². The van der Waals surface area contributed by atoms with Crippen molar-refractivity contribution in [3.63, 3.8) is 0 Å². The topological polar surface area (TPSA) is 79.8 Å². The molecule has 0 saturated heterocycles. The van der Waals surface area contributed by atoms with Gasteiger partial charge in [-0.3, -0.25) is 9.59 Å². The first kappa shape index (κ1) is 21.1. The third-order valence-electron chi connectivity index (χ3n) is 3.43. The minimum Gasteiger partial charge on any atom is -0.480 e. The zero-order valence-electron chi connectivity index (χ0n) is 14.7. The van der Waals surface area contributed by atoms with Gasteiger partial charge in [0.15, 0.2) is 0 Å². The number of hydrogen-bond donors (Lipinski definition) is 2. The van der Waals surface area contributed by atoms with Crippen molar-refractivity contribution in [2.75, 3.05) is 13.2 Å². The normalized spacial score (nSPS) is 10.3.